The number of rotatable bonds is 2. The lowest BCUT2D eigenvalue weighted by Gasteiger charge is -2.64. The van der Waals surface area contributed by atoms with Crippen LogP contribution in [0.2, 0.25) is 0 Å². The first-order valence-electron chi connectivity index (χ1n) is 10.5. The van der Waals surface area contributed by atoms with Gasteiger partial charge in [-0.05, 0) is 30.9 Å². The van der Waals surface area contributed by atoms with Crippen LogP contribution in [0.4, 0.5) is 0 Å². The molecule has 1 spiro atoms. The standard InChI is InChI=1S/C22H27NO4/c1-23(12-13-3-2-4-13)10-9-21-18-14-5-6-15(24)19(18)27-20(21)16(25)7-8-22(21,26)17(23)11-14/h5-6,13,17,20,26H,2-4,7-12H2,1H3/p+1/t17?,20-,21?,22+,23?/m0/s1. The molecule has 1 saturated heterocycles. The Morgan fingerprint density at radius 3 is 2.85 bits per heavy atom. The topological polar surface area (TPSA) is 66.8 Å². The molecule has 144 valence electrons. The zero-order valence-electron chi connectivity index (χ0n) is 15.9. The zero-order valence-corrected chi connectivity index (χ0v) is 15.9. The van der Waals surface area contributed by atoms with Crippen LogP contribution in [0.15, 0.2) is 12.1 Å². The Kier molecular flexibility index (Phi) is 2.95. The Balaban J connectivity index is 1.56. The van der Waals surface area contributed by atoms with Crippen molar-refractivity contribution in [3.05, 3.63) is 23.3 Å². The third-order valence-electron chi connectivity index (χ3n) is 8.80. The van der Waals surface area contributed by atoms with Gasteiger partial charge in [-0.1, -0.05) is 12.5 Å². The number of hydrogen-bond acceptors (Lipinski definition) is 4. The Bertz CT molecular complexity index is 864. The number of carbonyl (C=O) groups is 1. The summed E-state index contributed by atoms with van der Waals surface area (Å²) < 4.78 is 7.00. The second kappa shape index (κ2) is 4.87. The number of carbonyl (C=O) groups excluding carboxylic acids is 1. The number of phenols is 1. The summed E-state index contributed by atoms with van der Waals surface area (Å²) in [7, 11) is 2.32. The van der Waals surface area contributed by atoms with Gasteiger partial charge in [0, 0.05) is 30.7 Å². The number of Topliss-reactive ketones (excluding diaryl/α,β-unsaturated/α-hetero) is 1. The predicted molar refractivity (Wildman–Crippen MR) is 98.8 cm³/mol. The van der Waals surface area contributed by atoms with Crippen molar-refractivity contribution in [2.75, 3.05) is 20.1 Å². The van der Waals surface area contributed by atoms with Gasteiger partial charge in [-0.2, -0.15) is 0 Å². The lowest BCUT2D eigenvalue weighted by atomic mass is 9.48. The van der Waals surface area contributed by atoms with Crippen LogP contribution in [-0.4, -0.2) is 58.4 Å². The molecule has 6 rings (SSSR count). The Hall–Kier alpha value is -1.59. The lowest BCUT2D eigenvalue weighted by Crippen LogP contribution is -2.81. The number of aliphatic hydroxyl groups is 1. The van der Waals surface area contributed by atoms with E-state index in [1.807, 2.05) is 6.07 Å². The van der Waals surface area contributed by atoms with Crippen LogP contribution in [0.5, 0.6) is 11.5 Å². The molecule has 27 heavy (non-hydrogen) atoms. The fraction of sp³-hybridized carbons (Fsp3) is 0.682. The van der Waals surface area contributed by atoms with Gasteiger partial charge in [-0.15, -0.1) is 0 Å². The minimum absolute atomic E-state index is 0.0805. The maximum absolute atomic E-state index is 12.8. The highest BCUT2D eigenvalue weighted by Crippen LogP contribution is 2.65. The molecule has 5 heteroatoms. The zero-order chi connectivity index (χ0) is 18.6. The molecule has 3 fully saturated rings. The van der Waals surface area contributed by atoms with E-state index < -0.39 is 17.1 Å². The predicted octanol–water partition coefficient (Wildman–Crippen LogP) is 2.06. The van der Waals surface area contributed by atoms with Crippen molar-refractivity contribution in [3.63, 3.8) is 0 Å². The third kappa shape index (κ3) is 1.72. The summed E-state index contributed by atoms with van der Waals surface area (Å²) in [5.74, 6) is 1.41. The van der Waals surface area contributed by atoms with Gasteiger partial charge in [-0.25, -0.2) is 0 Å². The number of nitrogens with zero attached hydrogens (tertiary/aromatic N) is 1. The first-order chi connectivity index (χ1) is 12.9. The summed E-state index contributed by atoms with van der Waals surface area (Å²) in [6.07, 6.45) is 5.75. The minimum Gasteiger partial charge on any atom is -0.504 e. The van der Waals surface area contributed by atoms with Crippen molar-refractivity contribution >= 4 is 5.78 Å². The van der Waals surface area contributed by atoms with Gasteiger partial charge in [0.15, 0.2) is 23.4 Å². The summed E-state index contributed by atoms with van der Waals surface area (Å²) in [5, 5.41) is 22.6. The van der Waals surface area contributed by atoms with E-state index in [1.54, 1.807) is 6.07 Å². The molecule has 2 saturated carbocycles. The second-order valence-corrected chi connectivity index (χ2v) is 9.96. The quantitative estimate of drug-likeness (QED) is 0.782. The Morgan fingerprint density at radius 2 is 2.11 bits per heavy atom. The van der Waals surface area contributed by atoms with Crippen molar-refractivity contribution < 1.29 is 24.2 Å². The highest BCUT2D eigenvalue weighted by molar-refractivity contribution is 5.90. The smallest absolute Gasteiger partial charge is 0.174 e. The summed E-state index contributed by atoms with van der Waals surface area (Å²) in [6.45, 7) is 2.09. The van der Waals surface area contributed by atoms with E-state index in [4.69, 9.17) is 4.74 Å². The van der Waals surface area contributed by atoms with E-state index in [1.165, 1.54) is 19.3 Å². The van der Waals surface area contributed by atoms with Crippen LogP contribution in [-0.2, 0) is 16.6 Å². The number of likely N-dealkylation sites (N-methyl/N-ethyl adjacent to an activating group) is 1. The van der Waals surface area contributed by atoms with Gasteiger partial charge >= 0.3 is 0 Å². The molecule has 3 unspecified atom stereocenters. The largest absolute Gasteiger partial charge is 0.504 e. The fourth-order valence-corrected chi connectivity index (χ4v) is 7.31. The maximum Gasteiger partial charge on any atom is 0.174 e. The molecule has 3 aliphatic carbocycles. The van der Waals surface area contributed by atoms with E-state index in [0.717, 1.165) is 47.5 Å². The third-order valence-corrected chi connectivity index (χ3v) is 8.80. The summed E-state index contributed by atoms with van der Waals surface area (Å²) in [6, 6.07) is 3.78. The van der Waals surface area contributed by atoms with Crippen molar-refractivity contribution in [1.82, 2.24) is 0 Å². The van der Waals surface area contributed by atoms with Crippen molar-refractivity contribution in [2.24, 2.45) is 5.92 Å². The SMILES string of the molecule is C[N+]1(CC2CCC2)CCC23c4c5ccc(O)c4O[C@H]2C(=O)CC[C@@]3(O)C1C5. The molecule has 2 bridgehead atoms. The van der Waals surface area contributed by atoms with Gasteiger partial charge in [-0.3, -0.25) is 4.79 Å². The van der Waals surface area contributed by atoms with Crippen LogP contribution in [0.3, 0.4) is 0 Å². The molecule has 2 heterocycles. The Morgan fingerprint density at radius 1 is 1.30 bits per heavy atom. The second-order valence-electron chi connectivity index (χ2n) is 9.96. The number of hydrogen-bond donors (Lipinski definition) is 2. The minimum atomic E-state index is -0.936. The molecule has 0 aromatic heterocycles. The van der Waals surface area contributed by atoms with Crippen LogP contribution in [0.1, 0.15) is 49.7 Å². The fourth-order valence-electron chi connectivity index (χ4n) is 7.31. The summed E-state index contributed by atoms with van der Waals surface area (Å²) in [4.78, 5) is 12.8. The molecular formula is C22H28NO4+. The summed E-state index contributed by atoms with van der Waals surface area (Å²) in [5.41, 5.74) is 0.488. The van der Waals surface area contributed by atoms with Gasteiger partial charge in [0.2, 0.25) is 0 Å². The first kappa shape index (κ1) is 16.4. The molecule has 5 aliphatic rings. The number of benzene rings is 1. The first-order valence-corrected chi connectivity index (χ1v) is 10.5. The van der Waals surface area contributed by atoms with Gasteiger partial charge in [0.05, 0.1) is 25.6 Å². The maximum atomic E-state index is 12.8. The van der Waals surface area contributed by atoms with Crippen LogP contribution >= 0.6 is 0 Å². The Labute approximate surface area is 159 Å². The van der Waals surface area contributed by atoms with Gasteiger partial charge in [0.25, 0.3) is 0 Å². The normalized spacial score (nSPS) is 44.4. The number of phenolic OH excluding ortho intramolecular Hbond substituents is 1. The van der Waals surface area contributed by atoms with E-state index in [9.17, 15) is 15.0 Å². The number of piperidine rings is 1. The molecule has 1 aromatic rings. The molecule has 2 N–H and O–H groups in total. The molecule has 5 atom stereocenters. The molecule has 0 radical (unpaired) electrons. The highest BCUT2D eigenvalue weighted by atomic mass is 16.5. The van der Waals surface area contributed by atoms with Crippen molar-refractivity contribution in [1.29, 1.82) is 0 Å². The van der Waals surface area contributed by atoms with Gasteiger partial charge < -0.3 is 19.4 Å². The average Bonchev–Trinajstić information content (AvgIpc) is 2.97. The number of aromatic hydroxyl groups is 1. The number of quaternary nitrogens is 1. The lowest BCUT2D eigenvalue weighted by molar-refractivity contribution is -0.952. The molecular weight excluding hydrogens is 342 g/mol. The van der Waals surface area contributed by atoms with E-state index in [2.05, 4.69) is 7.05 Å². The number of ether oxygens (including phenoxy) is 1. The van der Waals surface area contributed by atoms with E-state index >= 15 is 0 Å². The van der Waals surface area contributed by atoms with E-state index in [-0.39, 0.29) is 17.6 Å². The van der Waals surface area contributed by atoms with Crippen molar-refractivity contribution in [3.8, 4) is 11.5 Å². The van der Waals surface area contributed by atoms with Crippen LogP contribution < -0.4 is 4.74 Å². The van der Waals surface area contributed by atoms with E-state index in [0.29, 0.717) is 18.6 Å². The monoisotopic (exact) mass is 370 g/mol. The van der Waals surface area contributed by atoms with Crippen molar-refractivity contribution in [2.45, 2.75) is 68.1 Å². The van der Waals surface area contributed by atoms with Crippen LogP contribution in [0, 0.1) is 5.92 Å². The van der Waals surface area contributed by atoms with Gasteiger partial charge in [0.1, 0.15) is 11.6 Å². The number of likely N-dealkylation sites (tertiary alicyclic amines) is 1. The molecule has 2 aliphatic heterocycles. The highest BCUT2D eigenvalue weighted by Gasteiger charge is 2.76. The molecule has 1 aromatic carbocycles. The average molecular weight is 370 g/mol. The molecule has 0 amide bonds. The number of ketones is 1. The molecule has 5 nitrogen and oxygen atoms in total. The van der Waals surface area contributed by atoms with Crippen LogP contribution in [0.25, 0.3) is 0 Å². The summed E-state index contributed by atoms with van der Waals surface area (Å²) >= 11 is 0.